The van der Waals surface area contributed by atoms with Crippen LogP contribution in [0.25, 0.3) is 0 Å². The van der Waals surface area contributed by atoms with Crippen molar-refractivity contribution in [1.29, 1.82) is 0 Å². The van der Waals surface area contributed by atoms with E-state index in [1.165, 1.54) is 83.5 Å². The lowest BCUT2D eigenvalue weighted by atomic mass is 9.94. The van der Waals surface area contributed by atoms with E-state index in [1.54, 1.807) is 18.7 Å². The number of unbranched alkanes of at least 4 members (excludes halogenated alkanes) is 18. The van der Waals surface area contributed by atoms with Crippen LogP contribution in [-0.2, 0) is 28.7 Å². The summed E-state index contributed by atoms with van der Waals surface area (Å²) in [4.78, 5) is 54.3. The van der Waals surface area contributed by atoms with E-state index in [9.17, 15) is 29.4 Å². The molecule has 0 radical (unpaired) electrons. The molecule has 62 heavy (non-hydrogen) atoms. The van der Waals surface area contributed by atoms with Gasteiger partial charge in [0.05, 0.1) is 43.3 Å². The molecule has 0 aliphatic carbocycles. The van der Waals surface area contributed by atoms with Crippen LogP contribution < -0.4 is 10.6 Å². The molecule has 0 aromatic rings. The molecule has 0 fully saturated rings. The molecular formula is C51H99N3O8. The van der Waals surface area contributed by atoms with Crippen molar-refractivity contribution in [3.05, 3.63) is 0 Å². The van der Waals surface area contributed by atoms with Gasteiger partial charge in [-0.1, -0.05) is 156 Å². The first-order valence-corrected chi connectivity index (χ1v) is 26.0. The van der Waals surface area contributed by atoms with Crippen LogP contribution in [0.5, 0.6) is 0 Å². The summed E-state index contributed by atoms with van der Waals surface area (Å²) in [6.07, 6.45) is 28.6. The summed E-state index contributed by atoms with van der Waals surface area (Å²) in [5, 5.41) is 26.4. The minimum Gasteiger partial charge on any atom is -0.465 e. The fraction of sp³-hybridized carbons (Fsp3) is 0.922. The predicted octanol–water partition coefficient (Wildman–Crippen LogP) is 10.8. The van der Waals surface area contributed by atoms with Crippen molar-refractivity contribution < 1.29 is 38.9 Å². The van der Waals surface area contributed by atoms with Crippen LogP contribution in [0.15, 0.2) is 0 Å². The van der Waals surface area contributed by atoms with E-state index in [-0.39, 0.29) is 61.5 Å². The van der Waals surface area contributed by atoms with Crippen LogP contribution in [0.2, 0.25) is 0 Å². The van der Waals surface area contributed by atoms with Crippen LogP contribution in [0, 0.1) is 11.8 Å². The van der Waals surface area contributed by atoms with Crippen LogP contribution in [0.1, 0.15) is 234 Å². The van der Waals surface area contributed by atoms with E-state index in [0.29, 0.717) is 52.0 Å². The maximum absolute atomic E-state index is 13.6. The summed E-state index contributed by atoms with van der Waals surface area (Å²) in [6, 6.07) is -0.719. The quantitative estimate of drug-likeness (QED) is 0.0346. The number of aliphatic hydroxyl groups is 2. The number of carbonyl (C=O) groups excluding carboxylic acids is 4. The molecule has 11 heteroatoms. The van der Waals surface area contributed by atoms with E-state index < -0.39 is 18.2 Å². The van der Waals surface area contributed by atoms with Gasteiger partial charge in [-0.15, -0.1) is 0 Å². The van der Waals surface area contributed by atoms with Gasteiger partial charge < -0.3 is 30.3 Å². The van der Waals surface area contributed by atoms with Crippen molar-refractivity contribution in [2.75, 3.05) is 39.4 Å². The molecule has 0 aliphatic rings. The summed E-state index contributed by atoms with van der Waals surface area (Å²) < 4.78 is 11.5. The van der Waals surface area contributed by atoms with Crippen molar-refractivity contribution in [3.8, 4) is 0 Å². The highest BCUT2D eigenvalue weighted by Crippen LogP contribution is 2.22. The molecule has 0 aliphatic heterocycles. The Labute approximate surface area is 380 Å². The summed E-state index contributed by atoms with van der Waals surface area (Å²) in [6.45, 7) is 14.0. The minimum absolute atomic E-state index is 0.0306. The zero-order valence-electron chi connectivity index (χ0n) is 41.1. The van der Waals surface area contributed by atoms with Gasteiger partial charge in [-0.2, -0.15) is 0 Å². The van der Waals surface area contributed by atoms with Gasteiger partial charge in [-0.05, 0) is 71.6 Å². The molecule has 0 bridgehead atoms. The van der Waals surface area contributed by atoms with Crippen LogP contribution in [-0.4, -0.2) is 96.5 Å². The molecule has 5 atom stereocenters. The number of aliphatic hydroxyl groups excluding tert-OH is 2. The summed E-state index contributed by atoms with van der Waals surface area (Å²) in [5.74, 6) is -0.690. The molecule has 366 valence electrons. The monoisotopic (exact) mass is 882 g/mol. The lowest BCUT2D eigenvalue weighted by molar-refractivity contribution is -0.150. The second-order valence-corrected chi connectivity index (χ2v) is 18.3. The fourth-order valence-corrected chi connectivity index (χ4v) is 8.17. The molecule has 4 N–H and O–H groups in total. The zero-order valence-corrected chi connectivity index (χ0v) is 41.1. The Morgan fingerprint density at radius 3 is 1.21 bits per heavy atom. The van der Waals surface area contributed by atoms with Gasteiger partial charge in [0.1, 0.15) is 0 Å². The lowest BCUT2D eigenvalue weighted by Gasteiger charge is -2.32. The number of hydrogen-bond acceptors (Lipinski definition) is 9. The maximum atomic E-state index is 13.6. The highest BCUT2D eigenvalue weighted by atomic mass is 16.5. The molecule has 0 heterocycles. The van der Waals surface area contributed by atoms with Gasteiger partial charge in [0.2, 0.25) is 11.8 Å². The largest absolute Gasteiger partial charge is 0.465 e. The Kier molecular flexibility index (Phi) is 41.2. The first kappa shape index (κ1) is 59.8. The summed E-state index contributed by atoms with van der Waals surface area (Å²) >= 11 is 0. The molecular weight excluding hydrogens is 783 g/mol. The molecule has 0 aromatic carbocycles. The maximum Gasteiger partial charge on any atom is 0.308 e. The summed E-state index contributed by atoms with van der Waals surface area (Å²) in [7, 11) is 0. The van der Waals surface area contributed by atoms with Crippen molar-refractivity contribution in [1.82, 2.24) is 15.5 Å². The second-order valence-electron chi connectivity index (χ2n) is 18.3. The van der Waals surface area contributed by atoms with Gasteiger partial charge in [-0.3, -0.25) is 24.1 Å². The average molecular weight is 882 g/mol. The van der Waals surface area contributed by atoms with Crippen molar-refractivity contribution in [3.63, 3.8) is 0 Å². The van der Waals surface area contributed by atoms with Gasteiger partial charge in [0, 0.05) is 32.6 Å². The molecule has 5 unspecified atom stereocenters. The number of hydrogen-bond donors (Lipinski definition) is 4. The van der Waals surface area contributed by atoms with Gasteiger partial charge in [-0.25, -0.2) is 0 Å². The van der Waals surface area contributed by atoms with Crippen LogP contribution in [0.4, 0.5) is 0 Å². The molecule has 2 amide bonds. The zero-order chi connectivity index (χ0) is 46.1. The highest BCUT2D eigenvalue weighted by molar-refractivity contribution is 5.83. The van der Waals surface area contributed by atoms with E-state index in [1.807, 2.05) is 0 Å². The van der Waals surface area contributed by atoms with Crippen molar-refractivity contribution in [2.24, 2.45) is 11.8 Å². The van der Waals surface area contributed by atoms with Crippen molar-refractivity contribution in [2.45, 2.75) is 252 Å². The lowest BCUT2D eigenvalue weighted by Crippen LogP contribution is -2.51. The van der Waals surface area contributed by atoms with Crippen molar-refractivity contribution >= 4 is 23.8 Å². The molecule has 0 saturated carbocycles. The SMILES string of the molecule is CCCCCCCCC(CCCCCC)C(=O)OCCCCNC(=O)CCC(C(=O)NCCCCOC(=O)C(CCCCCC)CCCCCCCC)N(CC(C)O)CC(C)O. The van der Waals surface area contributed by atoms with Gasteiger partial charge in [0.25, 0.3) is 0 Å². The number of carbonyl (C=O) groups is 4. The smallest absolute Gasteiger partial charge is 0.308 e. The first-order chi connectivity index (χ1) is 30.0. The predicted molar refractivity (Wildman–Crippen MR) is 255 cm³/mol. The number of nitrogens with zero attached hydrogens (tertiary/aromatic N) is 1. The standard InChI is InChI=1S/C51H99N3O8/c1-7-11-15-19-21-25-33-45(31-23-17-13-9-3)50(59)61-39-29-27-37-52-48(57)36-35-47(54(41-43(5)55)42-44(6)56)49(58)53-38-28-30-40-62-51(60)46(32-24-18-14-10-4)34-26-22-20-16-12-8-2/h43-47,55-56H,7-42H2,1-6H3,(H,52,57)(H,53,58). The Morgan fingerprint density at radius 2 is 0.823 bits per heavy atom. The van der Waals surface area contributed by atoms with E-state index >= 15 is 0 Å². The molecule has 0 aromatic heterocycles. The fourth-order valence-electron chi connectivity index (χ4n) is 8.17. The Balaban J connectivity index is 4.93. The molecule has 0 rings (SSSR count). The van der Waals surface area contributed by atoms with E-state index in [0.717, 1.165) is 70.6 Å². The number of esters is 2. The Bertz CT molecular complexity index is 1060. The molecule has 0 spiro atoms. The third kappa shape index (κ3) is 35.2. The minimum atomic E-state index is -0.731. The van der Waals surface area contributed by atoms with Crippen LogP contribution in [0.3, 0.4) is 0 Å². The van der Waals surface area contributed by atoms with Gasteiger partial charge >= 0.3 is 11.9 Å². The normalized spacial score (nSPS) is 14.0. The second kappa shape index (κ2) is 42.7. The van der Waals surface area contributed by atoms with Crippen LogP contribution >= 0.6 is 0 Å². The Morgan fingerprint density at radius 1 is 0.468 bits per heavy atom. The Hall–Kier alpha value is -2.24. The molecule has 11 nitrogen and oxygen atoms in total. The molecule has 0 saturated heterocycles. The third-order valence-electron chi connectivity index (χ3n) is 11.9. The number of ether oxygens (including phenoxy) is 2. The van der Waals surface area contributed by atoms with E-state index in [4.69, 9.17) is 9.47 Å². The topological polar surface area (TPSA) is 154 Å². The van der Waals surface area contributed by atoms with Gasteiger partial charge in [0.15, 0.2) is 0 Å². The highest BCUT2D eigenvalue weighted by Gasteiger charge is 2.28. The summed E-state index contributed by atoms with van der Waals surface area (Å²) in [5.41, 5.74) is 0. The van der Waals surface area contributed by atoms with E-state index in [2.05, 4.69) is 38.3 Å². The number of amides is 2. The first-order valence-electron chi connectivity index (χ1n) is 26.0. The third-order valence-corrected chi connectivity index (χ3v) is 11.9. The number of rotatable bonds is 45. The number of nitrogens with one attached hydrogen (secondary N) is 2. The average Bonchev–Trinajstić information content (AvgIpc) is 3.23.